The third-order valence-corrected chi connectivity index (χ3v) is 17.9. The standard InChI is InChI=1S/C41H52N4O8S2/c1-24(2)54(48,49)42-38(46)36-31-17-45-32(16-30-33(52-5)15-14-27(37(30)45)26-10-7-6-8-11-26)34-28(35(31)36)12-9-13-29(34)39(47)43-18-40-20-44(55(50,51)25(3)4)21-41(40,19-43)23-53-22-40/h9,12,14-16,24-26,29,34H,6-8,10-11,13,17-23H2,1-5H3,(H,42,46)/t29-,34-,40?,41?/m1/s1. The van der Waals surface area contributed by atoms with Crippen molar-refractivity contribution in [3.63, 3.8) is 0 Å². The van der Waals surface area contributed by atoms with Crippen molar-refractivity contribution < 1.29 is 35.9 Å². The van der Waals surface area contributed by atoms with Crippen molar-refractivity contribution in [3.05, 3.63) is 63.9 Å². The molecule has 1 aromatic heterocycles. The first-order valence-corrected chi connectivity index (χ1v) is 22.9. The fraction of sp³-hybridized carbons (Fsp3) is 0.610. The number of carbonyl (C=O) groups excluding carboxylic acids is 2. The summed E-state index contributed by atoms with van der Waals surface area (Å²) in [5.74, 6) is -0.397. The second-order valence-corrected chi connectivity index (χ2v) is 22.4. The average Bonchev–Trinajstić information content (AvgIpc) is 3.30. The van der Waals surface area contributed by atoms with Crippen LogP contribution in [0.3, 0.4) is 0 Å². The Hall–Kier alpha value is -3.46. The summed E-state index contributed by atoms with van der Waals surface area (Å²) in [5, 5.41) is -0.332. The first kappa shape index (κ1) is 37.1. The van der Waals surface area contributed by atoms with Gasteiger partial charge < -0.3 is 18.9 Å². The first-order valence-electron chi connectivity index (χ1n) is 19.9. The van der Waals surface area contributed by atoms with Gasteiger partial charge >= 0.3 is 0 Å². The number of nitrogens with zero attached hydrogens (tertiary/aromatic N) is 3. The number of methoxy groups -OCH3 is 1. The van der Waals surface area contributed by atoms with Crippen LogP contribution in [0.2, 0.25) is 0 Å². The molecule has 7 aliphatic rings. The van der Waals surface area contributed by atoms with Crippen molar-refractivity contribution in [1.82, 2.24) is 18.5 Å². The highest BCUT2D eigenvalue weighted by Crippen LogP contribution is 2.59. The predicted octanol–water partition coefficient (Wildman–Crippen LogP) is 4.73. The molecule has 0 radical (unpaired) electrons. The van der Waals surface area contributed by atoms with Crippen molar-refractivity contribution in [2.75, 3.05) is 46.5 Å². The summed E-state index contributed by atoms with van der Waals surface area (Å²) < 4.78 is 70.7. The Morgan fingerprint density at radius 2 is 1.64 bits per heavy atom. The second-order valence-electron chi connectivity index (χ2n) is 17.7. The van der Waals surface area contributed by atoms with E-state index in [2.05, 4.69) is 27.5 Å². The number of benzene rings is 1. The van der Waals surface area contributed by atoms with Crippen LogP contribution in [-0.2, 0) is 40.9 Å². The molecule has 55 heavy (non-hydrogen) atoms. The number of fused-ring (bicyclic) bond motifs is 6. The minimum Gasteiger partial charge on any atom is -0.496 e. The van der Waals surface area contributed by atoms with Crippen LogP contribution in [0.5, 0.6) is 5.75 Å². The monoisotopic (exact) mass is 792 g/mol. The maximum atomic E-state index is 15.2. The van der Waals surface area contributed by atoms with E-state index in [1.807, 2.05) is 17.1 Å². The minimum absolute atomic E-state index is 0.00882. The molecule has 296 valence electrons. The van der Waals surface area contributed by atoms with E-state index in [1.165, 1.54) is 12.0 Å². The molecule has 1 aromatic carbocycles. The molecule has 9 rings (SSSR count). The van der Waals surface area contributed by atoms with Gasteiger partial charge in [0, 0.05) is 60.6 Å². The molecule has 4 fully saturated rings. The van der Waals surface area contributed by atoms with Crippen molar-refractivity contribution in [2.45, 2.75) is 95.1 Å². The number of ether oxygens (including phenoxy) is 2. The number of hydrogen-bond donors (Lipinski definition) is 1. The normalized spacial score (nSPS) is 29.4. The summed E-state index contributed by atoms with van der Waals surface area (Å²) in [4.78, 5) is 30.9. The molecule has 3 saturated heterocycles. The average molecular weight is 793 g/mol. The van der Waals surface area contributed by atoms with E-state index in [0.29, 0.717) is 63.8 Å². The molecule has 12 nitrogen and oxygen atoms in total. The van der Waals surface area contributed by atoms with Crippen molar-refractivity contribution in [1.29, 1.82) is 0 Å². The smallest absolute Gasteiger partial charge is 0.265 e. The van der Waals surface area contributed by atoms with Crippen LogP contribution in [-0.4, -0.2) is 99.4 Å². The molecule has 4 atom stereocenters. The fourth-order valence-electron chi connectivity index (χ4n) is 10.9. The summed E-state index contributed by atoms with van der Waals surface area (Å²) >= 11 is 0. The van der Waals surface area contributed by atoms with Crippen LogP contribution in [0.4, 0.5) is 0 Å². The Balaban J connectivity index is 1.15. The lowest BCUT2D eigenvalue weighted by atomic mass is 9.71. The molecule has 0 spiro atoms. The highest BCUT2D eigenvalue weighted by Gasteiger charge is 2.68. The summed E-state index contributed by atoms with van der Waals surface area (Å²) in [6, 6.07) is 6.42. The lowest BCUT2D eigenvalue weighted by molar-refractivity contribution is -0.136. The van der Waals surface area contributed by atoms with Gasteiger partial charge in [0.15, 0.2) is 0 Å². The predicted molar refractivity (Wildman–Crippen MR) is 208 cm³/mol. The van der Waals surface area contributed by atoms with Crippen LogP contribution in [0.15, 0.2) is 52.6 Å². The Morgan fingerprint density at radius 1 is 0.945 bits per heavy atom. The van der Waals surface area contributed by atoms with Gasteiger partial charge in [-0.25, -0.2) is 25.9 Å². The van der Waals surface area contributed by atoms with E-state index in [9.17, 15) is 21.6 Å². The zero-order valence-electron chi connectivity index (χ0n) is 32.4. The number of amides is 2. The van der Waals surface area contributed by atoms with Crippen LogP contribution in [0.25, 0.3) is 10.9 Å². The zero-order valence-corrected chi connectivity index (χ0v) is 34.0. The number of likely N-dealkylation sites (tertiary alicyclic amines) is 1. The van der Waals surface area contributed by atoms with Crippen molar-refractivity contribution in [3.8, 4) is 5.75 Å². The molecule has 1 N–H and O–H groups in total. The van der Waals surface area contributed by atoms with Crippen LogP contribution in [0, 0.1) is 16.7 Å². The highest BCUT2D eigenvalue weighted by molar-refractivity contribution is 7.90. The van der Waals surface area contributed by atoms with Gasteiger partial charge in [0.05, 0.1) is 47.8 Å². The van der Waals surface area contributed by atoms with Gasteiger partial charge in [0.2, 0.25) is 26.0 Å². The highest BCUT2D eigenvalue weighted by atomic mass is 32.2. The van der Waals surface area contributed by atoms with Crippen molar-refractivity contribution in [2.24, 2.45) is 16.7 Å². The zero-order chi connectivity index (χ0) is 38.8. The van der Waals surface area contributed by atoms with Gasteiger partial charge in [-0.2, -0.15) is 0 Å². The van der Waals surface area contributed by atoms with E-state index >= 15 is 4.79 Å². The van der Waals surface area contributed by atoms with Crippen LogP contribution < -0.4 is 9.46 Å². The number of carbonyl (C=O) groups is 2. The van der Waals surface area contributed by atoms with Gasteiger partial charge in [-0.3, -0.25) is 9.59 Å². The molecular formula is C41H52N4O8S2. The van der Waals surface area contributed by atoms with Gasteiger partial charge in [-0.05, 0) is 87.3 Å². The van der Waals surface area contributed by atoms with Gasteiger partial charge in [0.25, 0.3) is 5.91 Å². The van der Waals surface area contributed by atoms with E-state index < -0.39 is 59.1 Å². The number of aromatic nitrogens is 1. The molecule has 2 aromatic rings. The van der Waals surface area contributed by atoms with Crippen LogP contribution in [0.1, 0.15) is 89.3 Å². The number of rotatable bonds is 8. The quantitative estimate of drug-likeness (QED) is 0.405. The van der Waals surface area contributed by atoms with Gasteiger partial charge in [-0.1, -0.05) is 37.5 Å². The second kappa shape index (κ2) is 12.8. The van der Waals surface area contributed by atoms with Gasteiger partial charge in [0.1, 0.15) is 5.75 Å². The molecule has 2 amide bonds. The molecule has 3 aliphatic carbocycles. The molecule has 4 aliphatic heterocycles. The topological polar surface area (TPSA) is 144 Å². The van der Waals surface area contributed by atoms with Crippen LogP contribution >= 0.6 is 0 Å². The minimum atomic E-state index is -3.88. The van der Waals surface area contributed by atoms with E-state index in [1.54, 1.807) is 39.1 Å². The molecule has 1 saturated carbocycles. The molecule has 5 heterocycles. The van der Waals surface area contributed by atoms with Crippen molar-refractivity contribution >= 4 is 42.8 Å². The van der Waals surface area contributed by atoms with E-state index in [0.717, 1.165) is 64.7 Å². The molecule has 2 unspecified atom stereocenters. The number of hydrogen-bond acceptors (Lipinski definition) is 8. The number of sulfonamides is 2. The Bertz CT molecular complexity index is 2310. The summed E-state index contributed by atoms with van der Waals surface area (Å²) in [7, 11) is -5.67. The van der Waals surface area contributed by atoms with E-state index in [-0.39, 0.29) is 5.91 Å². The largest absolute Gasteiger partial charge is 0.496 e. The SMILES string of the molecule is COc1ccc(C2CCCCC2)c2c1cc1n2CC2=C(C(=O)NS(=O)(=O)C(C)C)C2=C2C=CC[C@@H](C(=O)N3CC45COCC4(C3)CN(S(=O)(=O)C(C)C)C5)[C@@H]21. The third-order valence-electron chi connectivity index (χ3n) is 14.0. The lowest BCUT2D eigenvalue weighted by Crippen LogP contribution is -2.45. The van der Waals surface area contributed by atoms with E-state index in [4.69, 9.17) is 9.47 Å². The first-order chi connectivity index (χ1) is 26.1. The summed E-state index contributed by atoms with van der Waals surface area (Å²) in [5.41, 5.74) is 5.15. The lowest BCUT2D eigenvalue weighted by Gasteiger charge is -2.35. The Labute approximate surface area is 324 Å². The number of allylic oxidation sites excluding steroid dienone is 4. The fourth-order valence-corrected chi connectivity index (χ4v) is 12.9. The van der Waals surface area contributed by atoms with Gasteiger partial charge in [-0.15, -0.1) is 0 Å². The maximum absolute atomic E-state index is 15.2. The maximum Gasteiger partial charge on any atom is 0.265 e. The molecule has 0 bridgehead atoms. The Morgan fingerprint density at radius 3 is 2.27 bits per heavy atom. The third kappa shape index (κ3) is 5.47. The number of nitrogens with one attached hydrogen (secondary N) is 1. The Kier molecular flexibility index (Phi) is 8.62. The summed E-state index contributed by atoms with van der Waals surface area (Å²) in [6.07, 6.45) is 10.3. The molecule has 14 heteroatoms. The molecular weight excluding hydrogens is 741 g/mol. The summed E-state index contributed by atoms with van der Waals surface area (Å²) in [6.45, 7) is 9.22.